The Morgan fingerprint density at radius 2 is 2.14 bits per heavy atom. The van der Waals surface area contributed by atoms with Crippen LogP contribution in [0.5, 0.6) is 0 Å². The van der Waals surface area contributed by atoms with Crippen LogP contribution in [0, 0.1) is 23.5 Å². The molecule has 114 valence electrons. The first kappa shape index (κ1) is 14.4. The van der Waals surface area contributed by atoms with Crippen molar-refractivity contribution in [3.05, 3.63) is 35.4 Å². The largest absolute Gasteiger partial charge is 0.391 e. The maximum atomic E-state index is 13.7. The Morgan fingerprint density at radius 1 is 1.43 bits per heavy atom. The number of carbonyl (C=O) groups excluding carboxylic acids is 1. The molecule has 2 fully saturated rings. The molecule has 1 amide bonds. The topological polar surface area (TPSA) is 40.5 Å². The van der Waals surface area contributed by atoms with Gasteiger partial charge >= 0.3 is 0 Å². The van der Waals surface area contributed by atoms with Crippen LogP contribution in [0.15, 0.2) is 18.2 Å². The van der Waals surface area contributed by atoms with E-state index in [0.29, 0.717) is 24.4 Å². The SMILES string of the molecule is CN(CC(O)C1CC1)C(=O)C1CC1c1ccc(F)cc1F. The van der Waals surface area contributed by atoms with Crippen molar-refractivity contribution in [3.8, 4) is 0 Å². The molecule has 0 radical (unpaired) electrons. The molecule has 3 rings (SSSR count). The lowest BCUT2D eigenvalue weighted by molar-refractivity contribution is -0.132. The van der Waals surface area contributed by atoms with Crippen LogP contribution in [0.2, 0.25) is 0 Å². The molecular weight excluding hydrogens is 276 g/mol. The molecule has 1 aromatic rings. The van der Waals surface area contributed by atoms with Crippen LogP contribution < -0.4 is 0 Å². The van der Waals surface area contributed by atoms with E-state index in [1.807, 2.05) is 0 Å². The lowest BCUT2D eigenvalue weighted by Gasteiger charge is -2.21. The summed E-state index contributed by atoms with van der Waals surface area (Å²) in [6.45, 7) is 0.332. The highest BCUT2D eigenvalue weighted by Crippen LogP contribution is 2.49. The van der Waals surface area contributed by atoms with Crippen molar-refractivity contribution in [1.82, 2.24) is 4.90 Å². The summed E-state index contributed by atoms with van der Waals surface area (Å²) in [5, 5.41) is 9.87. The fourth-order valence-electron chi connectivity index (χ4n) is 2.90. The smallest absolute Gasteiger partial charge is 0.226 e. The molecule has 21 heavy (non-hydrogen) atoms. The summed E-state index contributed by atoms with van der Waals surface area (Å²) in [7, 11) is 1.67. The number of rotatable bonds is 5. The zero-order chi connectivity index (χ0) is 15.1. The second-order valence-corrected chi connectivity index (χ2v) is 6.24. The van der Waals surface area contributed by atoms with Crippen molar-refractivity contribution in [2.24, 2.45) is 11.8 Å². The Labute approximate surface area is 122 Å². The number of aliphatic hydroxyl groups is 1. The third-order valence-electron chi connectivity index (χ3n) is 4.47. The average molecular weight is 295 g/mol. The van der Waals surface area contributed by atoms with E-state index in [-0.39, 0.29) is 17.7 Å². The monoisotopic (exact) mass is 295 g/mol. The van der Waals surface area contributed by atoms with Gasteiger partial charge < -0.3 is 10.0 Å². The van der Waals surface area contributed by atoms with Crippen LogP contribution in [0.3, 0.4) is 0 Å². The van der Waals surface area contributed by atoms with Gasteiger partial charge in [-0.1, -0.05) is 6.07 Å². The van der Waals surface area contributed by atoms with Gasteiger partial charge in [0.2, 0.25) is 5.91 Å². The maximum Gasteiger partial charge on any atom is 0.226 e. The number of benzene rings is 1. The molecule has 3 unspecified atom stereocenters. The van der Waals surface area contributed by atoms with E-state index in [1.165, 1.54) is 17.0 Å². The molecular formula is C16H19F2NO2. The maximum absolute atomic E-state index is 13.7. The summed E-state index contributed by atoms with van der Waals surface area (Å²) < 4.78 is 26.6. The summed E-state index contributed by atoms with van der Waals surface area (Å²) >= 11 is 0. The Kier molecular flexibility index (Phi) is 3.69. The van der Waals surface area contributed by atoms with Gasteiger partial charge in [0.1, 0.15) is 11.6 Å². The minimum atomic E-state index is -0.607. The minimum absolute atomic E-state index is 0.0663. The third kappa shape index (κ3) is 3.07. The summed E-state index contributed by atoms with van der Waals surface area (Å²) in [4.78, 5) is 13.8. The second kappa shape index (κ2) is 5.37. The predicted molar refractivity (Wildman–Crippen MR) is 73.6 cm³/mol. The lowest BCUT2D eigenvalue weighted by Crippen LogP contribution is -2.36. The summed E-state index contributed by atoms with van der Waals surface area (Å²) in [5.74, 6) is -1.35. The van der Waals surface area contributed by atoms with Crippen LogP contribution in [0.25, 0.3) is 0 Å². The number of hydrogen-bond acceptors (Lipinski definition) is 2. The fraction of sp³-hybridized carbons (Fsp3) is 0.562. The molecule has 0 saturated heterocycles. The molecule has 1 aromatic carbocycles. The second-order valence-electron chi connectivity index (χ2n) is 6.24. The Balaban J connectivity index is 1.59. The molecule has 5 heteroatoms. The molecule has 1 N–H and O–H groups in total. The van der Waals surface area contributed by atoms with Crippen LogP contribution in [-0.2, 0) is 4.79 Å². The highest BCUT2D eigenvalue weighted by Gasteiger charge is 2.46. The Bertz CT molecular complexity index is 559. The zero-order valence-corrected chi connectivity index (χ0v) is 11.9. The molecule has 0 spiro atoms. The number of likely N-dealkylation sites (N-methyl/N-ethyl adjacent to an activating group) is 1. The van der Waals surface area contributed by atoms with Crippen molar-refractivity contribution < 1.29 is 18.7 Å². The standard InChI is InChI=1S/C16H19F2NO2/c1-19(8-15(20)9-2-3-9)16(21)13-7-12(13)11-5-4-10(17)6-14(11)18/h4-6,9,12-13,15,20H,2-3,7-8H2,1H3. The number of halogens is 2. The number of carbonyl (C=O) groups is 1. The first-order chi connectivity index (χ1) is 9.97. The number of amides is 1. The van der Waals surface area contributed by atoms with Gasteiger partial charge in [0.15, 0.2) is 0 Å². The van der Waals surface area contributed by atoms with Crippen molar-refractivity contribution in [2.75, 3.05) is 13.6 Å². The van der Waals surface area contributed by atoms with Gasteiger partial charge in [-0.25, -0.2) is 8.78 Å². The molecule has 0 bridgehead atoms. The van der Waals surface area contributed by atoms with Crippen LogP contribution in [0.4, 0.5) is 8.78 Å². The van der Waals surface area contributed by atoms with Gasteiger partial charge in [-0.15, -0.1) is 0 Å². The molecule has 2 saturated carbocycles. The summed E-state index contributed by atoms with van der Waals surface area (Å²) in [5.41, 5.74) is 0.408. The van der Waals surface area contributed by atoms with E-state index in [1.54, 1.807) is 7.05 Å². The molecule has 3 nitrogen and oxygen atoms in total. The molecule has 3 atom stereocenters. The van der Waals surface area contributed by atoms with E-state index in [2.05, 4.69) is 0 Å². The van der Waals surface area contributed by atoms with Crippen LogP contribution in [0.1, 0.15) is 30.7 Å². The normalized spacial score (nSPS) is 25.5. The van der Waals surface area contributed by atoms with E-state index in [9.17, 15) is 18.7 Å². The minimum Gasteiger partial charge on any atom is -0.391 e. The highest BCUT2D eigenvalue weighted by molar-refractivity contribution is 5.82. The molecule has 2 aliphatic rings. The summed E-state index contributed by atoms with van der Waals surface area (Å²) in [6.07, 6.45) is 2.18. The molecule has 0 heterocycles. The van der Waals surface area contributed by atoms with Crippen molar-refractivity contribution in [1.29, 1.82) is 0 Å². The van der Waals surface area contributed by atoms with Gasteiger partial charge in [0.25, 0.3) is 0 Å². The van der Waals surface area contributed by atoms with Crippen molar-refractivity contribution >= 4 is 5.91 Å². The van der Waals surface area contributed by atoms with E-state index in [4.69, 9.17) is 0 Å². The van der Waals surface area contributed by atoms with E-state index >= 15 is 0 Å². The lowest BCUT2D eigenvalue weighted by atomic mass is 10.1. The Hall–Kier alpha value is -1.49. The summed E-state index contributed by atoms with van der Waals surface area (Å²) in [6, 6.07) is 3.50. The fourth-order valence-corrected chi connectivity index (χ4v) is 2.90. The average Bonchev–Trinajstić information content (AvgIpc) is 3.29. The van der Waals surface area contributed by atoms with Gasteiger partial charge in [0, 0.05) is 25.6 Å². The number of hydrogen-bond donors (Lipinski definition) is 1. The molecule has 0 aliphatic heterocycles. The Morgan fingerprint density at radius 3 is 2.76 bits per heavy atom. The first-order valence-corrected chi connectivity index (χ1v) is 7.35. The number of aliphatic hydroxyl groups excluding tert-OH is 1. The first-order valence-electron chi connectivity index (χ1n) is 7.35. The quantitative estimate of drug-likeness (QED) is 0.905. The van der Waals surface area contributed by atoms with Crippen LogP contribution >= 0.6 is 0 Å². The van der Waals surface area contributed by atoms with Crippen molar-refractivity contribution in [3.63, 3.8) is 0 Å². The van der Waals surface area contributed by atoms with Gasteiger partial charge in [-0.3, -0.25) is 4.79 Å². The highest BCUT2D eigenvalue weighted by atomic mass is 19.1. The van der Waals surface area contributed by atoms with E-state index in [0.717, 1.165) is 18.9 Å². The predicted octanol–water partition coefficient (Wildman–Crippen LogP) is 2.30. The molecule has 0 aromatic heterocycles. The van der Waals surface area contributed by atoms with Crippen LogP contribution in [-0.4, -0.2) is 35.6 Å². The number of nitrogens with zero attached hydrogens (tertiary/aromatic N) is 1. The molecule has 2 aliphatic carbocycles. The van der Waals surface area contributed by atoms with Crippen molar-refractivity contribution in [2.45, 2.75) is 31.3 Å². The third-order valence-corrected chi connectivity index (χ3v) is 4.47. The van der Waals surface area contributed by atoms with Gasteiger partial charge in [0.05, 0.1) is 6.10 Å². The van der Waals surface area contributed by atoms with Gasteiger partial charge in [-0.2, -0.15) is 0 Å². The van der Waals surface area contributed by atoms with E-state index < -0.39 is 17.7 Å². The zero-order valence-electron chi connectivity index (χ0n) is 11.9. The van der Waals surface area contributed by atoms with Gasteiger partial charge in [-0.05, 0) is 42.7 Å².